The molecule has 2 amide bonds. The number of nitro groups is 1. The van der Waals surface area contributed by atoms with Crippen LogP contribution in [0.3, 0.4) is 0 Å². The van der Waals surface area contributed by atoms with Crippen molar-refractivity contribution in [3.8, 4) is 11.5 Å². The van der Waals surface area contributed by atoms with Crippen LogP contribution >= 0.6 is 11.8 Å². The molecular weight excluding hydrogens is 456 g/mol. The number of nitro benzene ring substituents is 1. The lowest BCUT2D eigenvalue weighted by molar-refractivity contribution is -0.384. The number of para-hydroxylation sites is 2. The third kappa shape index (κ3) is 5.62. The number of carbonyl (C=O) groups is 2. The van der Waals surface area contributed by atoms with Crippen molar-refractivity contribution in [2.24, 2.45) is 0 Å². The molecule has 0 spiro atoms. The topological polar surface area (TPSA) is 99.0 Å². The van der Waals surface area contributed by atoms with Crippen molar-refractivity contribution in [2.45, 2.75) is 6.54 Å². The Morgan fingerprint density at radius 1 is 0.882 bits per heavy atom. The zero-order valence-electron chi connectivity index (χ0n) is 18.0. The molecule has 8 nitrogen and oxygen atoms in total. The molecule has 0 atom stereocenters. The number of hydrogen-bond acceptors (Lipinski definition) is 7. The molecule has 0 N–H and O–H groups in total. The van der Waals surface area contributed by atoms with Gasteiger partial charge in [-0.1, -0.05) is 48.5 Å². The summed E-state index contributed by atoms with van der Waals surface area (Å²) in [5.74, 6) is 0.901. The van der Waals surface area contributed by atoms with Gasteiger partial charge in [0.05, 0.1) is 16.4 Å². The standard InChI is InChI=1S/C25H20N2O6S/c28-24-23(34-25(29)26(24)17-18-10-12-20(13-11-18)27(30)31)16-19-6-4-5-9-22(19)33-15-14-32-21-7-2-1-3-8-21/h1-13,16H,14-15,17H2/b23-16-. The van der Waals surface area contributed by atoms with Crippen molar-refractivity contribution >= 4 is 34.7 Å². The quantitative estimate of drug-likeness (QED) is 0.179. The predicted molar refractivity (Wildman–Crippen MR) is 128 cm³/mol. The maximum absolute atomic E-state index is 12.9. The summed E-state index contributed by atoms with van der Waals surface area (Å²) in [6.07, 6.45) is 1.63. The summed E-state index contributed by atoms with van der Waals surface area (Å²) in [4.78, 5) is 37.1. The van der Waals surface area contributed by atoms with Gasteiger partial charge in [-0.05, 0) is 41.6 Å². The second-order valence-electron chi connectivity index (χ2n) is 7.24. The number of amides is 2. The van der Waals surface area contributed by atoms with Gasteiger partial charge in [-0.2, -0.15) is 0 Å². The maximum atomic E-state index is 12.9. The smallest absolute Gasteiger partial charge is 0.293 e. The van der Waals surface area contributed by atoms with Gasteiger partial charge in [0.15, 0.2) is 0 Å². The summed E-state index contributed by atoms with van der Waals surface area (Å²) >= 11 is 0.848. The minimum absolute atomic E-state index is 0.0367. The van der Waals surface area contributed by atoms with E-state index in [0.717, 1.165) is 22.4 Å². The summed E-state index contributed by atoms with van der Waals surface area (Å²) in [7, 11) is 0. The van der Waals surface area contributed by atoms with E-state index in [2.05, 4.69) is 0 Å². The molecule has 0 aliphatic carbocycles. The Morgan fingerprint density at radius 3 is 2.29 bits per heavy atom. The molecule has 0 saturated carbocycles. The van der Waals surface area contributed by atoms with Crippen LogP contribution in [0.1, 0.15) is 11.1 Å². The highest BCUT2D eigenvalue weighted by molar-refractivity contribution is 8.18. The zero-order chi connectivity index (χ0) is 23.9. The maximum Gasteiger partial charge on any atom is 0.293 e. The fraction of sp³-hybridized carbons (Fsp3) is 0.120. The first-order chi connectivity index (χ1) is 16.5. The number of non-ortho nitro benzene ring substituents is 1. The van der Waals surface area contributed by atoms with Gasteiger partial charge in [-0.3, -0.25) is 24.6 Å². The Kier molecular flexibility index (Phi) is 7.24. The summed E-state index contributed by atoms with van der Waals surface area (Å²) in [5, 5.41) is 10.4. The molecule has 1 aliphatic heterocycles. The third-order valence-corrected chi connectivity index (χ3v) is 5.83. The van der Waals surface area contributed by atoms with E-state index in [1.165, 1.54) is 24.3 Å². The number of ether oxygens (including phenoxy) is 2. The van der Waals surface area contributed by atoms with E-state index in [1.807, 2.05) is 42.5 Å². The number of rotatable bonds is 9. The van der Waals surface area contributed by atoms with Gasteiger partial charge >= 0.3 is 0 Å². The molecule has 9 heteroatoms. The predicted octanol–water partition coefficient (Wildman–Crippen LogP) is 5.29. The van der Waals surface area contributed by atoms with Crippen molar-refractivity contribution in [1.82, 2.24) is 4.90 Å². The molecule has 1 saturated heterocycles. The summed E-state index contributed by atoms with van der Waals surface area (Å²) in [5.41, 5.74) is 1.24. The Hall–Kier alpha value is -4.11. The summed E-state index contributed by atoms with van der Waals surface area (Å²) in [6, 6.07) is 22.4. The lowest BCUT2D eigenvalue weighted by Crippen LogP contribution is -2.27. The Bertz CT molecular complexity index is 1230. The molecule has 1 aliphatic rings. The zero-order valence-corrected chi connectivity index (χ0v) is 18.8. The number of thioether (sulfide) groups is 1. The van der Waals surface area contributed by atoms with Gasteiger partial charge in [0, 0.05) is 17.7 Å². The molecule has 0 unspecified atom stereocenters. The highest BCUT2D eigenvalue weighted by atomic mass is 32.2. The monoisotopic (exact) mass is 476 g/mol. The lowest BCUT2D eigenvalue weighted by atomic mass is 10.1. The molecule has 0 bridgehead atoms. The fourth-order valence-corrected chi connectivity index (χ4v) is 4.07. The molecule has 172 valence electrons. The summed E-state index contributed by atoms with van der Waals surface area (Å²) < 4.78 is 11.5. The van der Waals surface area contributed by atoms with Crippen LogP contribution in [-0.4, -0.2) is 34.2 Å². The van der Waals surface area contributed by atoms with Crippen LogP contribution in [0.4, 0.5) is 10.5 Å². The van der Waals surface area contributed by atoms with Gasteiger partial charge in [-0.15, -0.1) is 0 Å². The van der Waals surface area contributed by atoms with Crippen LogP contribution in [0.15, 0.2) is 83.8 Å². The van der Waals surface area contributed by atoms with Gasteiger partial charge in [0.1, 0.15) is 24.7 Å². The number of nitrogens with zero attached hydrogens (tertiary/aromatic N) is 2. The lowest BCUT2D eigenvalue weighted by Gasteiger charge is -2.12. The highest BCUT2D eigenvalue weighted by Crippen LogP contribution is 2.35. The van der Waals surface area contributed by atoms with Crippen molar-refractivity contribution in [1.29, 1.82) is 0 Å². The van der Waals surface area contributed by atoms with Gasteiger partial charge < -0.3 is 9.47 Å². The van der Waals surface area contributed by atoms with E-state index in [4.69, 9.17) is 9.47 Å². The molecule has 3 aromatic carbocycles. The Balaban J connectivity index is 1.41. The fourth-order valence-electron chi connectivity index (χ4n) is 3.24. The van der Waals surface area contributed by atoms with E-state index in [-0.39, 0.29) is 17.1 Å². The van der Waals surface area contributed by atoms with Crippen LogP contribution in [0, 0.1) is 10.1 Å². The van der Waals surface area contributed by atoms with Crippen LogP contribution in [-0.2, 0) is 11.3 Å². The highest BCUT2D eigenvalue weighted by Gasteiger charge is 2.35. The summed E-state index contributed by atoms with van der Waals surface area (Å²) in [6.45, 7) is 0.695. The molecule has 0 aromatic heterocycles. The second-order valence-corrected chi connectivity index (χ2v) is 8.23. The molecular formula is C25H20N2O6S. The molecule has 4 rings (SSSR count). The number of hydrogen-bond donors (Lipinski definition) is 0. The minimum atomic E-state index is -0.500. The van der Waals surface area contributed by atoms with Crippen LogP contribution < -0.4 is 9.47 Å². The number of imide groups is 1. The minimum Gasteiger partial charge on any atom is -0.490 e. The Morgan fingerprint density at radius 2 is 1.56 bits per heavy atom. The van der Waals surface area contributed by atoms with Crippen molar-refractivity contribution in [3.05, 3.63) is 105 Å². The Labute approximate surface area is 199 Å². The normalized spacial score (nSPS) is 14.5. The second kappa shape index (κ2) is 10.7. The average molecular weight is 477 g/mol. The van der Waals surface area contributed by atoms with E-state index >= 15 is 0 Å². The number of benzene rings is 3. The van der Waals surface area contributed by atoms with E-state index in [0.29, 0.717) is 30.1 Å². The number of carbonyl (C=O) groups excluding carboxylic acids is 2. The van der Waals surface area contributed by atoms with Crippen molar-refractivity contribution < 1.29 is 24.0 Å². The first kappa shape index (κ1) is 23.1. The van der Waals surface area contributed by atoms with E-state index in [1.54, 1.807) is 18.2 Å². The largest absolute Gasteiger partial charge is 0.490 e. The van der Waals surface area contributed by atoms with Gasteiger partial charge in [-0.25, -0.2) is 0 Å². The molecule has 1 fully saturated rings. The first-order valence-corrected chi connectivity index (χ1v) is 11.2. The van der Waals surface area contributed by atoms with Crippen molar-refractivity contribution in [2.75, 3.05) is 13.2 Å². The van der Waals surface area contributed by atoms with E-state index < -0.39 is 16.1 Å². The van der Waals surface area contributed by atoms with Crippen LogP contribution in [0.2, 0.25) is 0 Å². The first-order valence-electron chi connectivity index (χ1n) is 10.4. The third-order valence-electron chi connectivity index (χ3n) is 4.92. The average Bonchev–Trinajstić information content (AvgIpc) is 3.11. The SMILES string of the molecule is O=C1S/C(=C\c2ccccc2OCCOc2ccccc2)C(=O)N1Cc1ccc([N+](=O)[O-])cc1. The molecule has 0 radical (unpaired) electrons. The van der Waals surface area contributed by atoms with Gasteiger partial charge in [0.25, 0.3) is 16.8 Å². The van der Waals surface area contributed by atoms with E-state index in [9.17, 15) is 19.7 Å². The van der Waals surface area contributed by atoms with Crippen LogP contribution in [0.5, 0.6) is 11.5 Å². The molecule has 34 heavy (non-hydrogen) atoms. The molecule has 3 aromatic rings. The van der Waals surface area contributed by atoms with Gasteiger partial charge in [0.2, 0.25) is 0 Å². The van der Waals surface area contributed by atoms with Crippen molar-refractivity contribution in [3.63, 3.8) is 0 Å². The molecule has 1 heterocycles. The van der Waals surface area contributed by atoms with Crippen LogP contribution in [0.25, 0.3) is 6.08 Å².